The van der Waals surface area contributed by atoms with Crippen LogP contribution in [0.15, 0.2) is 23.1 Å². The zero-order valence-electron chi connectivity index (χ0n) is 14.7. The molecule has 1 aromatic rings. The molecule has 2 amide bonds. The summed E-state index contributed by atoms with van der Waals surface area (Å²) < 4.78 is 4.97. The summed E-state index contributed by atoms with van der Waals surface area (Å²) in [5.41, 5.74) is 1.18. The SMILES string of the molecule is COC(=O)[C@@H]1C[C@H]2CCCC[C@H]2N1C(=O)c1ccc2c(c1)NC(=O)CS2. The number of carbonyl (C=O) groups excluding carboxylic acids is 3. The van der Waals surface area contributed by atoms with Gasteiger partial charge in [0.15, 0.2) is 0 Å². The second kappa shape index (κ2) is 6.95. The number of amides is 2. The van der Waals surface area contributed by atoms with Gasteiger partial charge >= 0.3 is 5.97 Å². The van der Waals surface area contributed by atoms with Gasteiger partial charge in [-0.25, -0.2) is 4.79 Å². The zero-order chi connectivity index (χ0) is 18.3. The summed E-state index contributed by atoms with van der Waals surface area (Å²) in [4.78, 5) is 40.0. The fraction of sp³-hybridized carbons (Fsp3) is 0.526. The summed E-state index contributed by atoms with van der Waals surface area (Å²) in [5, 5.41) is 2.83. The highest BCUT2D eigenvalue weighted by Crippen LogP contribution is 2.41. The summed E-state index contributed by atoms with van der Waals surface area (Å²) in [6.07, 6.45) is 4.90. The third kappa shape index (κ3) is 2.98. The number of thioether (sulfide) groups is 1. The van der Waals surface area contributed by atoms with Gasteiger partial charge in [0.05, 0.1) is 18.6 Å². The number of nitrogens with zero attached hydrogens (tertiary/aromatic N) is 1. The van der Waals surface area contributed by atoms with Crippen LogP contribution in [0, 0.1) is 5.92 Å². The molecular formula is C19H22N2O4S. The lowest BCUT2D eigenvalue weighted by Gasteiger charge is -2.33. The van der Waals surface area contributed by atoms with Gasteiger partial charge in [0.25, 0.3) is 5.91 Å². The fourth-order valence-corrected chi connectivity index (χ4v) is 5.25. The van der Waals surface area contributed by atoms with Gasteiger partial charge in [0.2, 0.25) is 5.91 Å². The Morgan fingerprint density at radius 3 is 2.88 bits per heavy atom. The number of esters is 1. The third-order valence-electron chi connectivity index (χ3n) is 5.66. The smallest absolute Gasteiger partial charge is 0.328 e. The van der Waals surface area contributed by atoms with Crippen LogP contribution in [0.3, 0.4) is 0 Å². The van der Waals surface area contributed by atoms with Crippen LogP contribution in [0.4, 0.5) is 5.69 Å². The van der Waals surface area contributed by atoms with Crippen molar-refractivity contribution < 1.29 is 19.1 Å². The minimum Gasteiger partial charge on any atom is -0.467 e. The van der Waals surface area contributed by atoms with Crippen LogP contribution < -0.4 is 5.32 Å². The predicted molar refractivity (Wildman–Crippen MR) is 98.1 cm³/mol. The van der Waals surface area contributed by atoms with Crippen molar-refractivity contribution in [3.05, 3.63) is 23.8 Å². The maximum absolute atomic E-state index is 13.3. The number of hydrogen-bond acceptors (Lipinski definition) is 5. The first kappa shape index (κ1) is 17.4. The Morgan fingerprint density at radius 2 is 2.08 bits per heavy atom. The number of carbonyl (C=O) groups is 3. The Morgan fingerprint density at radius 1 is 1.27 bits per heavy atom. The van der Waals surface area contributed by atoms with E-state index in [0.29, 0.717) is 29.3 Å². The Bertz CT molecular complexity index is 766. The molecule has 0 unspecified atom stereocenters. The Hall–Kier alpha value is -2.02. The molecule has 3 aliphatic rings. The highest BCUT2D eigenvalue weighted by Gasteiger charge is 2.48. The molecule has 1 aromatic carbocycles. The molecule has 0 bridgehead atoms. The van der Waals surface area contributed by atoms with Crippen molar-refractivity contribution in [3.8, 4) is 0 Å². The van der Waals surface area contributed by atoms with Crippen LogP contribution in [0.25, 0.3) is 0 Å². The molecule has 2 heterocycles. The van der Waals surface area contributed by atoms with Gasteiger partial charge in [-0.05, 0) is 43.4 Å². The van der Waals surface area contributed by atoms with Crippen molar-refractivity contribution in [2.75, 3.05) is 18.2 Å². The van der Waals surface area contributed by atoms with E-state index in [9.17, 15) is 14.4 Å². The van der Waals surface area contributed by atoms with Crippen LogP contribution in [-0.2, 0) is 14.3 Å². The van der Waals surface area contributed by atoms with Gasteiger partial charge < -0.3 is 15.0 Å². The Kier molecular flexibility index (Phi) is 4.65. The third-order valence-corrected chi connectivity index (χ3v) is 6.73. The summed E-state index contributed by atoms with van der Waals surface area (Å²) in [7, 11) is 1.37. The molecule has 138 valence electrons. The van der Waals surface area contributed by atoms with E-state index in [1.807, 2.05) is 6.07 Å². The van der Waals surface area contributed by atoms with E-state index in [-0.39, 0.29) is 23.8 Å². The van der Waals surface area contributed by atoms with Crippen molar-refractivity contribution in [2.45, 2.75) is 49.1 Å². The molecule has 0 aromatic heterocycles. The number of ether oxygens (including phenoxy) is 1. The van der Waals surface area contributed by atoms with Crippen LogP contribution in [-0.4, -0.2) is 47.6 Å². The second-order valence-corrected chi connectivity index (χ2v) is 8.16. The average molecular weight is 374 g/mol. The lowest BCUT2D eigenvalue weighted by atomic mass is 9.84. The Balaban J connectivity index is 1.65. The lowest BCUT2D eigenvalue weighted by Crippen LogP contribution is -2.46. The van der Waals surface area contributed by atoms with Gasteiger partial charge in [0.1, 0.15) is 6.04 Å². The minimum atomic E-state index is -0.513. The first-order chi connectivity index (χ1) is 12.6. The first-order valence-corrected chi connectivity index (χ1v) is 10.0. The maximum atomic E-state index is 13.3. The predicted octanol–water partition coefficient (Wildman–Crippen LogP) is 2.68. The van der Waals surface area contributed by atoms with Gasteiger partial charge in [0, 0.05) is 16.5 Å². The van der Waals surface area contributed by atoms with Crippen molar-refractivity contribution in [2.24, 2.45) is 5.92 Å². The number of fused-ring (bicyclic) bond motifs is 2. The van der Waals surface area contributed by atoms with Gasteiger partial charge in [-0.1, -0.05) is 12.8 Å². The Labute approximate surface area is 156 Å². The molecule has 1 saturated carbocycles. The molecule has 4 rings (SSSR count). The zero-order valence-corrected chi connectivity index (χ0v) is 15.5. The molecule has 1 saturated heterocycles. The van der Waals surface area contributed by atoms with Gasteiger partial charge in [-0.15, -0.1) is 11.8 Å². The number of nitrogens with one attached hydrogen (secondary N) is 1. The fourth-order valence-electron chi connectivity index (χ4n) is 4.46. The summed E-state index contributed by atoms with van der Waals surface area (Å²) >= 11 is 1.47. The highest BCUT2D eigenvalue weighted by atomic mass is 32.2. The van der Waals surface area contributed by atoms with Crippen molar-refractivity contribution >= 4 is 35.2 Å². The van der Waals surface area contributed by atoms with Crippen LogP contribution in [0.1, 0.15) is 42.5 Å². The highest BCUT2D eigenvalue weighted by molar-refractivity contribution is 8.00. The number of methoxy groups -OCH3 is 1. The van der Waals surface area contributed by atoms with Gasteiger partial charge in [-0.2, -0.15) is 0 Å². The average Bonchev–Trinajstić information content (AvgIpc) is 3.05. The summed E-state index contributed by atoms with van der Waals surface area (Å²) in [5.74, 6) is 0.204. The van der Waals surface area contributed by atoms with Crippen LogP contribution in [0.5, 0.6) is 0 Å². The normalized spacial score (nSPS) is 27.3. The molecule has 1 aliphatic carbocycles. The summed E-state index contributed by atoms with van der Waals surface area (Å²) in [6.45, 7) is 0. The van der Waals surface area contributed by atoms with E-state index >= 15 is 0 Å². The van der Waals surface area contributed by atoms with Crippen LogP contribution >= 0.6 is 11.8 Å². The number of benzene rings is 1. The minimum absolute atomic E-state index is 0.0620. The number of likely N-dealkylation sites (tertiary alicyclic amines) is 1. The molecule has 6 nitrogen and oxygen atoms in total. The van der Waals surface area contributed by atoms with E-state index in [4.69, 9.17) is 4.74 Å². The van der Waals surface area contributed by atoms with Crippen LogP contribution in [0.2, 0.25) is 0 Å². The molecule has 0 spiro atoms. The van der Waals surface area contributed by atoms with Crippen molar-refractivity contribution in [1.29, 1.82) is 0 Å². The molecule has 1 N–H and O–H groups in total. The maximum Gasteiger partial charge on any atom is 0.328 e. The topological polar surface area (TPSA) is 75.7 Å². The molecule has 2 fully saturated rings. The standard InChI is InChI=1S/C19H22N2O4S/c1-25-19(24)15-9-11-4-2-3-5-14(11)21(15)18(23)12-6-7-16-13(8-12)20-17(22)10-26-16/h6-8,11,14-15H,2-5,9-10H2,1H3,(H,20,22)/t11-,14-,15+/m1/s1. The number of rotatable bonds is 2. The van der Waals surface area contributed by atoms with Gasteiger partial charge in [-0.3, -0.25) is 9.59 Å². The number of anilines is 1. The van der Waals surface area contributed by atoms with E-state index in [1.165, 1.54) is 18.9 Å². The lowest BCUT2D eigenvalue weighted by molar-refractivity contribution is -0.145. The molecule has 0 radical (unpaired) electrons. The molecule has 2 aliphatic heterocycles. The van der Waals surface area contributed by atoms with E-state index in [1.54, 1.807) is 17.0 Å². The quantitative estimate of drug-likeness (QED) is 0.806. The van der Waals surface area contributed by atoms with Crippen molar-refractivity contribution in [1.82, 2.24) is 4.90 Å². The monoisotopic (exact) mass is 374 g/mol. The number of hydrogen-bond donors (Lipinski definition) is 1. The first-order valence-electron chi connectivity index (χ1n) is 9.05. The largest absolute Gasteiger partial charge is 0.467 e. The van der Waals surface area contributed by atoms with E-state index in [2.05, 4.69) is 5.32 Å². The molecule has 3 atom stereocenters. The van der Waals surface area contributed by atoms with E-state index in [0.717, 1.165) is 30.6 Å². The molecular weight excluding hydrogens is 352 g/mol. The van der Waals surface area contributed by atoms with Crippen molar-refractivity contribution in [3.63, 3.8) is 0 Å². The molecule has 26 heavy (non-hydrogen) atoms. The van der Waals surface area contributed by atoms with E-state index < -0.39 is 6.04 Å². The second-order valence-electron chi connectivity index (χ2n) is 7.15. The molecule has 7 heteroatoms. The summed E-state index contributed by atoms with van der Waals surface area (Å²) in [6, 6.07) is 4.97.